The Hall–Kier alpha value is -2.95. The van der Waals surface area contributed by atoms with Crippen LogP contribution >= 0.6 is 0 Å². The fourth-order valence-corrected chi connectivity index (χ4v) is 1.93. The average Bonchev–Trinajstić information content (AvgIpc) is 2.56. The van der Waals surface area contributed by atoms with Crippen molar-refractivity contribution in [1.29, 1.82) is 0 Å². The second-order valence-electron chi connectivity index (χ2n) is 4.72. The summed E-state index contributed by atoms with van der Waals surface area (Å²) >= 11 is 0. The quantitative estimate of drug-likeness (QED) is 0.677. The number of nitrogens with one attached hydrogen (secondary N) is 1. The third kappa shape index (κ3) is 4.78. The van der Waals surface area contributed by atoms with Crippen molar-refractivity contribution in [3.63, 3.8) is 0 Å². The molecule has 5 heteroatoms. The van der Waals surface area contributed by atoms with E-state index in [1.54, 1.807) is 37.3 Å². The van der Waals surface area contributed by atoms with E-state index in [-0.39, 0.29) is 0 Å². The zero-order valence-corrected chi connectivity index (χ0v) is 12.5. The van der Waals surface area contributed by atoms with E-state index < -0.39 is 23.8 Å². The van der Waals surface area contributed by atoms with Gasteiger partial charge in [0.1, 0.15) is 5.82 Å². The predicted molar refractivity (Wildman–Crippen MR) is 85.1 cm³/mol. The summed E-state index contributed by atoms with van der Waals surface area (Å²) in [6.07, 6.45) is 1.67. The van der Waals surface area contributed by atoms with Crippen LogP contribution in [0.15, 0.2) is 66.7 Å². The van der Waals surface area contributed by atoms with Crippen LogP contribution in [0.25, 0.3) is 0 Å². The summed E-state index contributed by atoms with van der Waals surface area (Å²) in [6, 6.07) is 14.0. The molecular formula is C18H16FNO3. The highest BCUT2D eigenvalue weighted by molar-refractivity contribution is 5.96. The second kappa shape index (κ2) is 7.89. The summed E-state index contributed by atoms with van der Waals surface area (Å²) in [5, 5.41) is 2.61. The lowest BCUT2D eigenvalue weighted by molar-refractivity contribution is -0.149. The van der Waals surface area contributed by atoms with E-state index in [0.717, 1.165) is 0 Å². The van der Waals surface area contributed by atoms with Crippen molar-refractivity contribution in [2.45, 2.75) is 13.0 Å². The van der Waals surface area contributed by atoms with Crippen LogP contribution in [-0.2, 0) is 14.3 Å². The molecule has 0 aromatic heterocycles. The fourth-order valence-electron chi connectivity index (χ4n) is 1.93. The molecule has 0 fully saturated rings. The minimum atomic E-state index is -1.09. The van der Waals surface area contributed by atoms with E-state index in [9.17, 15) is 14.0 Å². The van der Waals surface area contributed by atoms with Gasteiger partial charge in [-0.15, -0.1) is 0 Å². The van der Waals surface area contributed by atoms with Crippen LogP contribution < -0.4 is 5.32 Å². The number of rotatable bonds is 5. The molecule has 1 N–H and O–H groups in total. The van der Waals surface area contributed by atoms with Crippen molar-refractivity contribution in [3.8, 4) is 0 Å². The lowest BCUT2D eigenvalue weighted by Gasteiger charge is -2.17. The molecule has 0 heterocycles. The summed E-state index contributed by atoms with van der Waals surface area (Å²) in [5.74, 6) is -1.53. The Morgan fingerprint density at radius 2 is 1.74 bits per heavy atom. The van der Waals surface area contributed by atoms with Crippen LogP contribution in [0.3, 0.4) is 0 Å². The molecule has 0 spiro atoms. The van der Waals surface area contributed by atoms with Gasteiger partial charge in [-0.2, -0.15) is 0 Å². The van der Waals surface area contributed by atoms with Crippen molar-refractivity contribution in [3.05, 3.63) is 78.1 Å². The first-order valence-corrected chi connectivity index (χ1v) is 7.05. The van der Waals surface area contributed by atoms with E-state index in [4.69, 9.17) is 4.74 Å². The molecule has 1 atom stereocenters. The van der Waals surface area contributed by atoms with Crippen LogP contribution in [0, 0.1) is 5.82 Å². The lowest BCUT2D eigenvalue weighted by Crippen LogP contribution is -2.25. The number of amides is 1. The second-order valence-corrected chi connectivity index (χ2v) is 4.72. The normalized spacial score (nSPS) is 11.9. The monoisotopic (exact) mass is 313 g/mol. The van der Waals surface area contributed by atoms with Crippen molar-refractivity contribution in [1.82, 2.24) is 0 Å². The number of halogens is 1. The highest BCUT2D eigenvalue weighted by atomic mass is 19.1. The van der Waals surface area contributed by atoms with Gasteiger partial charge in [0.2, 0.25) is 6.10 Å². The van der Waals surface area contributed by atoms with Crippen molar-refractivity contribution >= 4 is 17.6 Å². The van der Waals surface area contributed by atoms with Crippen molar-refractivity contribution < 1.29 is 18.7 Å². The number of esters is 1. The van der Waals surface area contributed by atoms with E-state index in [2.05, 4.69) is 5.32 Å². The lowest BCUT2D eigenvalue weighted by atomic mass is 10.1. The van der Waals surface area contributed by atoms with Gasteiger partial charge in [0.05, 0.1) is 0 Å². The maximum Gasteiger partial charge on any atom is 0.331 e. The minimum absolute atomic E-state index is 0.401. The van der Waals surface area contributed by atoms with Gasteiger partial charge in [0.25, 0.3) is 5.91 Å². The topological polar surface area (TPSA) is 55.4 Å². The van der Waals surface area contributed by atoms with Gasteiger partial charge < -0.3 is 10.1 Å². The summed E-state index contributed by atoms with van der Waals surface area (Å²) in [7, 11) is 0. The highest BCUT2D eigenvalue weighted by Crippen LogP contribution is 2.20. The largest absolute Gasteiger partial charge is 0.444 e. The van der Waals surface area contributed by atoms with Gasteiger partial charge in [-0.05, 0) is 31.2 Å². The molecule has 0 bridgehead atoms. The predicted octanol–water partition coefficient (Wildman–Crippen LogP) is 3.62. The summed E-state index contributed by atoms with van der Waals surface area (Å²) in [4.78, 5) is 24.1. The maximum atomic E-state index is 12.9. The van der Waals surface area contributed by atoms with Crippen LogP contribution in [-0.4, -0.2) is 11.9 Å². The average molecular weight is 313 g/mol. The highest BCUT2D eigenvalue weighted by Gasteiger charge is 2.24. The molecule has 0 saturated carbocycles. The van der Waals surface area contributed by atoms with E-state index >= 15 is 0 Å². The SMILES string of the molecule is C/C=C/C(=O)O[C@H](C(=O)Nc1ccc(F)cc1)c1ccccc1. The first-order chi connectivity index (χ1) is 11.1. The molecule has 118 valence electrons. The van der Waals surface area contributed by atoms with Crippen molar-refractivity contribution in [2.75, 3.05) is 5.32 Å². The Kier molecular flexibility index (Phi) is 5.63. The summed E-state index contributed by atoms with van der Waals surface area (Å²) < 4.78 is 18.1. The van der Waals surface area contributed by atoms with Crippen LogP contribution in [0.2, 0.25) is 0 Å². The van der Waals surface area contributed by atoms with Gasteiger partial charge in [-0.25, -0.2) is 9.18 Å². The molecule has 0 saturated heterocycles. The molecule has 2 aromatic rings. The molecule has 0 aliphatic rings. The van der Waals surface area contributed by atoms with Crippen molar-refractivity contribution in [2.24, 2.45) is 0 Å². The van der Waals surface area contributed by atoms with Gasteiger partial charge in [0, 0.05) is 17.3 Å². The zero-order chi connectivity index (χ0) is 16.7. The molecule has 2 rings (SSSR count). The smallest absolute Gasteiger partial charge is 0.331 e. The third-order valence-electron chi connectivity index (χ3n) is 2.99. The molecule has 23 heavy (non-hydrogen) atoms. The molecule has 0 aliphatic heterocycles. The number of ether oxygens (including phenoxy) is 1. The Labute approximate surface area is 133 Å². The van der Waals surface area contributed by atoms with Gasteiger partial charge in [-0.3, -0.25) is 4.79 Å². The first kappa shape index (κ1) is 16.4. The number of carbonyl (C=O) groups is 2. The first-order valence-electron chi connectivity index (χ1n) is 7.05. The van der Waals surface area contributed by atoms with Gasteiger partial charge >= 0.3 is 5.97 Å². The Bertz CT molecular complexity index is 696. The fraction of sp³-hybridized carbons (Fsp3) is 0.111. The zero-order valence-electron chi connectivity index (χ0n) is 12.5. The van der Waals surface area contributed by atoms with E-state index in [0.29, 0.717) is 11.3 Å². The minimum Gasteiger partial charge on any atom is -0.444 e. The van der Waals surface area contributed by atoms with E-state index in [1.807, 2.05) is 0 Å². The number of hydrogen-bond donors (Lipinski definition) is 1. The summed E-state index contributed by atoms with van der Waals surface area (Å²) in [6.45, 7) is 1.68. The summed E-state index contributed by atoms with van der Waals surface area (Å²) in [5.41, 5.74) is 0.962. The van der Waals surface area contributed by atoms with Gasteiger partial charge in [-0.1, -0.05) is 36.4 Å². The van der Waals surface area contributed by atoms with Crippen LogP contribution in [0.1, 0.15) is 18.6 Å². The standard InChI is InChI=1S/C18H16FNO3/c1-2-6-16(21)23-17(13-7-4-3-5-8-13)18(22)20-15-11-9-14(19)10-12-15/h2-12,17H,1H3,(H,20,22)/b6-2+/t17-/m0/s1. The molecule has 2 aromatic carbocycles. The van der Waals surface area contributed by atoms with Crippen LogP contribution in [0.4, 0.5) is 10.1 Å². The molecule has 4 nitrogen and oxygen atoms in total. The molecule has 0 unspecified atom stereocenters. The Morgan fingerprint density at radius 1 is 1.09 bits per heavy atom. The third-order valence-corrected chi connectivity index (χ3v) is 2.99. The van der Waals surface area contributed by atoms with Crippen LogP contribution in [0.5, 0.6) is 0 Å². The number of anilines is 1. The number of hydrogen-bond acceptors (Lipinski definition) is 3. The van der Waals surface area contributed by atoms with Gasteiger partial charge in [0.15, 0.2) is 0 Å². The number of carbonyl (C=O) groups excluding carboxylic acids is 2. The van der Waals surface area contributed by atoms with E-state index in [1.165, 1.54) is 36.4 Å². The molecule has 0 aliphatic carbocycles. The number of allylic oxidation sites excluding steroid dienone is 1. The Morgan fingerprint density at radius 3 is 2.35 bits per heavy atom. The maximum absolute atomic E-state index is 12.9. The molecule has 1 amide bonds. The number of benzene rings is 2. The molecular weight excluding hydrogens is 297 g/mol. The Balaban J connectivity index is 2.20. The molecule has 0 radical (unpaired) electrons.